The summed E-state index contributed by atoms with van der Waals surface area (Å²) in [5.41, 5.74) is 0.598. The molecule has 1 heterocycles. The number of nitro benzene ring substituents is 1. The fourth-order valence-electron chi connectivity index (χ4n) is 3.17. The Balaban J connectivity index is 1.68. The Hall–Kier alpha value is -3.02. The van der Waals surface area contributed by atoms with Crippen molar-refractivity contribution in [2.24, 2.45) is 5.92 Å². The zero-order chi connectivity index (χ0) is 17.8. The molecule has 1 saturated heterocycles. The minimum atomic E-state index is -0.543. The van der Waals surface area contributed by atoms with Crippen LogP contribution in [0.15, 0.2) is 54.6 Å². The van der Waals surface area contributed by atoms with Crippen molar-refractivity contribution in [3.63, 3.8) is 0 Å². The predicted octanol–water partition coefficient (Wildman–Crippen LogP) is 3.33. The Morgan fingerprint density at radius 2 is 1.56 bits per heavy atom. The second-order valence-corrected chi connectivity index (χ2v) is 6.07. The Labute approximate surface area is 145 Å². The molecule has 0 spiro atoms. The smallest absolute Gasteiger partial charge is 0.282 e. The minimum absolute atomic E-state index is 0.0957. The SMILES string of the molecule is O=C(c1ccccc1)C1CCN(C(=O)c2ccccc2[N+](=O)[O-])CC1. The standard InChI is InChI=1S/C19H18N2O4/c22-18(14-6-2-1-3-7-14)15-10-12-20(13-11-15)19(23)16-8-4-5-9-17(16)21(24)25/h1-9,15H,10-13H2. The van der Waals surface area contributed by atoms with Crippen LogP contribution in [0.5, 0.6) is 0 Å². The molecule has 1 aliphatic rings. The molecule has 0 radical (unpaired) electrons. The molecule has 2 aromatic rings. The van der Waals surface area contributed by atoms with Gasteiger partial charge < -0.3 is 4.90 Å². The fourth-order valence-corrected chi connectivity index (χ4v) is 3.17. The van der Waals surface area contributed by atoms with E-state index < -0.39 is 4.92 Å². The van der Waals surface area contributed by atoms with Crippen LogP contribution in [0.3, 0.4) is 0 Å². The first-order chi connectivity index (χ1) is 12.1. The Morgan fingerprint density at radius 1 is 0.960 bits per heavy atom. The minimum Gasteiger partial charge on any atom is -0.338 e. The zero-order valence-electron chi connectivity index (χ0n) is 13.6. The first-order valence-electron chi connectivity index (χ1n) is 8.20. The van der Waals surface area contributed by atoms with E-state index in [4.69, 9.17) is 0 Å². The van der Waals surface area contributed by atoms with Crippen LogP contribution in [0.1, 0.15) is 33.6 Å². The summed E-state index contributed by atoms with van der Waals surface area (Å²) in [6.45, 7) is 0.849. The molecule has 6 nitrogen and oxygen atoms in total. The second-order valence-electron chi connectivity index (χ2n) is 6.07. The number of amides is 1. The molecular formula is C19H18N2O4. The third-order valence-electron chi connectivity index (χ3n) is 4.54. The van der Waals surface area contributed by atoms with Gasteiger partial charge in [0.1, 0.15) is 5.56 Å². The Bertz CT molecular complexity index is 796. The van der Waals surface area contributed by atoms with Gasteiger partial charge >= 0.3 is 0 Å². The van der Waals surface area contributed by atoms with Gasteiger partial charge in [-0.15, -0.1) is 0 Å². The molecule has 6 heteroatoms. The van der Waals surface area contributed by atoms with Crippen molar-refractivity contribution >= 4 is 17.4 Å². The van der Waals surface area contributed by atoms with Crippen LogP contribution >= 0.6 is 0 Å². The van der Waals surface area contributed by atoms with Gasteiger partial charge in [0.05, 0.1) is 4.92 Å². The molecule has 0 atom stereocenters. The first kappa shape index (κ1) is 16.8. The molecule has 25 heavy (non-hydrogen) atoms. The number of rotatable bonds is 4. The summed E-state index contributed by atoms with van der Waals surface area (Å²) >= 11 is 0. The van der Waals surface area contributed by atoms with Crippen molar-refractivity contribution in [3.05, 3.63) is 75.8 Å². The summed E-state index contributed by atoms with van der Waals surface area (Å²) in [5, 5.41) is 11.1. The van der Waals surface area contributed by atoms with Gasteiger partial charge in [0, 0.05) is 30.6 Å². The highest BCUT2D eigenvalue weighted by molar-refractivity contribution is 5.99. The maximum atomic E-state index is 12.6. The number of carbonyl (C=O) groups excluding carboxylic acids is 2. The highest BCUT2D eigenvalue weighted by Crippen LogP contribution is 2.25. The highest BCUT2D eigenvalue weighted by atomic mass is 16.6. The first-order valence-corrected chi connectivity index (χ1v) is 8.20. The maximum Gasteiger partial charge on any atom is 0.282 e. The molecule has 2 aromatic carbocycles. The van der Waals surface area contributed by atoms with Gasteiger partial charge in [0.15, 0.2) is 5.78 Å². The molecule has 0 unspecified atom stereocenters. The van der Waals surface area contributed by atoms with Gasteiger partial charge in [0.2, 0.25) is 0 Å². The number of para-hydroxylation sites is 1. The number of benzene rings is 2. The molecule has 1 amide bonds. The highest BCUT2D eigenvalue weighted by Gasteiger charge is 2.30. The number of likely N-dealkylation sites (tertiary alicyclic amines) is 1. The average Bonchev–Trinajstić information content (AvgIpc) is 2.67. The van der Waals surface area contributed by atoms with Gasteiger partial charge in [-0.3, -0.25) is 19.7 Å². The van der Waals surface area contributed by atoms with Crippen LogP contribution in [0.4, 0.5) is 5.69 Å². The van der Waals surface area contributed by atoms with E-state index in [0.29, 0.717) is 31.5 Å². The van der Waals surface area contributed by atoms with E-state index in [1.165, 1.54) is 12.1 Å². The monoisotopic (exact) mass is 338 g/mol. The van der Waals surface area contributed by atoms with Crippen molar-refractivity contribution in [1.29, 1.82) is 0 Å². The van der Waals surface area contributed by atoms with Crippen molar-refractivity contribution < 1.29 is 14.5 Å². The number of carbonyl (C=O) groups is 2. The zero-order valence-corrected chi connectivity index (χ0v) is 13.6. The van der Waals surface area contributed by atoms with Crippen molar-refractivity contribution in [3.8, 4) is 0 Å². The van der Waals surface area contributed by atoms with E-state index in [9.17, 15) is 19.7 Å². The molecule has 0 aliphatic carbocycles. The summed E-state index contributed by atoms with van der Waals surface area (Å²) < 4.78 is 0. The Morgan fingerprint density at radius 3 is 2.20 bits per heavy atom. The number of ketones is 1. The van der Waals surface area contributed by atoms with Gasteiger partial charge in [0.25, 0.3) is 11.6 Å². The van der Waals surface area contributed by atoms with Crippen LogP contribution in [0.2, 0.25) is 0 Å². The maximum absolute atomic E-state index is 12.6. The van der Waals surface area contributed by atoms with Crippen LogP contribution < -0.4 is 0 Å². The average molecular weight is 338 g/mol. The quantitative estimate of drug-likeness (QED) is 0.486. The third-order valence-corrected chi connectivity index (χ3v) is 4.54. The normalized spacial score (nSPS) is 15.0. The van der Waals surface area contributed by atoms with E-state index in [0.717, 1.165) is 0 Å². The van der Waals surface area contributed by atoms with Gasteiger partial charge in [-0.25, -0.2) is 0 Å². The summed E-state index contributed by atoms with van der Waals surface area (Å²) in [5.74, 6) is -0.367. The lowest BCUT2D eigenvalue weighted by Gasteiger charge is -2.31. The molecule has 0 bridgehead atoms. The van der Waals surface area contributed by atoms with Crippen molar-refractivity contribution in [2.75, 3.05) is 13.1 Å². The van der Waals surface area contributed by atoms with Gasteiger partial charge in [-0.1, -0.05) is 42.5 Å². The summed E-state index contributed by atoms with van der Waals surface area (Å²) in [4.78, 5) is 37.3. The molecule has 0 saturated carbocycles. The molecule has 3 rings (SSSR count). The van der Waals surface area contributed by atoms with E-state index in [1.54, 1.807) is 29.2 Å². The van der Waals surface area contributed by atoms with Crippen molar-refractivity contribution in [1.82, 2.24) is 4.90 Å². The number of piperidine rings is 1. The molecule has 0 N–H and O–H groups in total. The van der Waals surface area contributed by atoms with E-state index >= 15 is 0 Å². The van der Waals surface area contributed by atoms with Crippen LogP contribution in [-0.2, 0) is 0 Å². The summed E-state index contributed by atoms with van der Waals surface area (Å²) in [6, 6.07) is 15.1. The van der Waals surface area contributed by atoms with Crippen LogP contribution in [0, 0.1) is 16.0 Å². The van der Waals surface area contributed by atoms with Crippen LogP contribution in [0.25, 0.3) is 0 Å². The number of nitro groups is 1. The van der Waals surface area contributed by atoms with Gasteiger partial charge in [-0.05, 0) is 18.9 Å². The molecule has 0 aromatic heterocycles. The van der Waals surface area contributed by atoms with E-state index in [-0.39, 0.29) is 28.9 Å². The summed E-state index contributed by atoms with van der Waals surface area (Å²) in [6.07, 6.45) is 1.14. The summed E-state index contributed by atoms with van der Waals surface area (Å²) in [7, 11) is 0. The second kappa shape index (κ2) is 7.25. The van der Waals surface area contributed by atoms with Crippen molar-refractivity contribution in [2.45, 2.75) is 12.8 Å². The number of Topliss-reactive ketones (excluding diaryl/α,β-unsaturated/α-hetero) is 1. The number of hydrogen-bond donors (Lipinski definition) is 0. The molecular weight excluding hydrogens is 320 g/mol. The fraction of sp³-hybridized carbons (Fsp3) is 0.263. The molecule has 1 aliphatic heterocycles. The lowest BCUT2D eigenvalue weighted by molar-refractivity contribution is -0.385. The molecule has 1 fully saturated rings. The largest absolute Gasteiger partial charge is 0.338 e. The number of nitrogens with zero attached hydrogens (tertiary/aromatic N) is 2. The van der Waals surface area contributed by atoms with E-state index in [1.807, 2.05) is 18.2 Å². The third kappa shape index (κ3) is 3.57. The topological polar surface area (TPSA) is 80.5 Å². The van der Waals surface area contributed by atoms with E-state index in [2.05, 4.69) is 0 Å². The van der Waals surface area contributed by atoms with Crippen LogP contribution in [-0.4, -0.2) is 34.6 Å². The van der Waals surface area contributed by atoms with Gasteiger partial charge in [-0.2, -0.15) is 0 Å². The lowest BCUT2D eigenvalue weighted by atomic mass is 9.88. The lowest BCUT2D eigenvalue weighted by Crippen LogP contribution is -2.40. The Kier molecular flexibility index (Phi) is 4.88. The molecule has 128 valence electrons. The predicted molar refractivity (Wildman–Crippen MR) is 92.5 cm³/mol. The number of hydrogen-bond acceptors (Lipinski definition) is 4.